The number of rotatable bonds is 7. The monoisotopic (exact) mass is 458 g/mol. The molecule has 2 rings (SSSR count). The fraction of sp³-hybridized carbons (Fsp3) is 0.444. The molecule has 0 bridgehead atoms. The summed E-state index contributed by atoms with van der Waals surface area (Å²) < 4.78 is 0. The maximum Gasteiger partial charge on any atom is 0.190 e. The summed E-state index contributed by atoms with van der Waals surface area (Å²) in [4.78, 5) is 8.77. The molecule has 24 heavy (non-hydrogen) atoms. The lowest BCUT2D eigenvalue weighted by Crippen LogP contribution is -2.39. The predicted molar refractivity (Wildman–Crippen MR) is 115 cm³/mol. The van der Waals surface area contributed by atoms with Gasteiger partial charge in [0, 0.05) is 37.6 Å². The van der Waals surface area contributed by atoms with Gasteiger partial charge in [0.25, 0.3) is 0 Å². The molecule has 0 fully saturated rings. The first-order valence-corrected chi connectivity index (χ1v) is 8.97. The molecule has 2 aromatic rings. The van der Waals surface area contributed by atoms with Crippen LogP contribution in [0.5, 0.6) is 0 Å². The molecule has 1 aromatic heterocycles. The minimum Gasteiger partial charge on any atom is -0.356 e. The van der Waals surface area contributed by atoms with Crippen molar-refractivity contribution in [2.24, 2.45) is 4.99 Å². The first-order valence-electron chi connectivity index (χ1n) is 8.09. The maximum absolute atomic E-state index is 4.49. The van der Waals surface area contributed by atoms with Gasteiger partial charge >= 0.3 is 0 Å². The molecule has 132 valence electrons. The predicted octanol–water partition coefficient (Wildman–Crippen LogP) is 3.97. The van der Waals surface area contributed by atoms with Crippen molar-refractivity contribution < 1.29 is 0 Å². The summed E-state index contributed by atoms with van der Waals surface area (Å²) in [5, 5.41) is 10.1. The molecule has 0 amide bonds. The average molecular weight is 458 g/mol. The van der Waals surface area contributed by atoms with Crippen LogP contribution in [0, 0.1) is 6.92 Å². The van der Waals surface area contributed by atoms with E-state index in [4.69, 9.17) is 0 Å². The topological polar surface area (TPSA) is 49.3 Å². The van der Waals surface area contributed by atoms with Gasteiger partial charge in [0.1, 0.15) is 0 Å². The van der Waals surface area contributed by atoms with Crippen LogP contribution in [-0.2, 0) is 6.42 Å². The van der Waals surface area contributed by atoms with Crippen LogP contribution >= 0.6 is 35.3 Å². The van der Waals surface area contributed by atoms with E-state index in [1.54, 1.807) is 11.3 Å². The zero-order chi connectivity index (χ0) is 16.5. The molecule has 4 nitrogen and oxygen atoms in total. The molecular formula is C18H27IN4S. The molecule has 0 spiro atoms. The Morgan fingerprint density at radius 2 is 2.00 bits per heavy atom. The van der Waals surface area contributed by atoms with E-state index in [0.717, 1.165) is 37.6 Å². The van der Waals surface area contributed by atoms with Gasteiger partial charge in [0.15, 0.2) is 5.96 Å². The highest BCUT2D eigenvalue weighted by Gasteiger charge is 2.06. The summed E-state index contributed by atoms with van der Waals surface area (Å²) in [6.07, 6.45) is 2.07. The van der Waals surface area contributed by atoms with Gasteiger partial charge < -0.3 is 10.6 Å². The quantitative estimate of drug-likeness (QED) is 0.286. The second-order valence-electron chi connectivity index (χ2n) is 5.68. The summed E-state index contributed by atoms with van der Waals surface area (Å²) >= 11 is 1.74. The summed E-state index contributed by atoms with van der Waals surface area (Å²) in [5.74, 6) is 1.32. The molecule has 0 aliphatic heterocycles. The number of benzene rings is 1. The Hall–Kier alpha value is -1.15. The number of guanidine groups is 1. The highest BCUT2D eigenvalue weighted by atomic mass is 127. The molecule has 0 saturated carbocycles. The zero-order valence-electron chi connectivity index (χ0n) is 14.6. The van der Waals surface area contributed by atoms with Gasteiger partial charge in [-0.2, -0.15) is 0 Å². The maximum atomic E-state index is 4.49. The van der Waals surface area contributed by atoms with Crippen LogP contribution in [0.2, 0.25) is 0 Å². The van der Waals surface area contributed by atoms with Crippen molar-refractivity contribution >= 4 is 41.3 Å². The molecule has 0 saturated heterocycles. The number of halogens is 1. The molecular weight excluding hydrogens is 431 g/mol. The van der Waals surface area contributed by atoms with Gasteiger partial charge in [-0.05, 0) is 24.8 Å². The number of aromatic nitrogens is 1. The largest absolute Gasteiger partial charge is 0.356 e. The first kappa shape index (κ1) is 20.9. The lowest BCUT2D eigenvalue weighted by atomic mass is 10.0. The minimum absolute atomic E-state index is 0. The third-order valence-electron chi connectivity index (χ3n) is 3.69. The molecule has 0 aliphatic carbocycles. The molecule has 0 radical (unpaired) electrons. The number of thiazole rings is 1. The lowest BCUT2D eigenvalue weighted by Gasteiger charge is -2.16. The van der Waals surface area contributed by atoms with Crippen LogP contribution in [0.1, 0.15) is 35.5 Å². The molecule has 1 heterocycles. The highest BCUT2D eigenvalue weighted by Crippen LogP contribution is 2.13. The second-order valence-corrected chi connectivity index (χ2v) is 6.62. The standard InChI is InChI=1S/C18H26N4S.HI/c1-14(16-8-5-4-6-9-16)12-21-18(19-3)20-11-7-10-17-22-15(2)13-23-17;/h4-6,8-9,13-14H,7,10-12H2,1-3H3,(H2,19,20,21);1H. The molecule has 2 N–H and O–H groups in total. The van der Waals surface area contributed by atoms with Crippen LogP contribution in [0.25, 0.3) is 0 Å². The van der Waals surface area contributed by atoms with Crippen LogP contribution in [0.3, 0.4) is 0 Å². The van der Waals surface area contributed by atoms with Crippen LogP contribution < -0.4 is 10.6 Å². The molecule has 1 unspecified atom stereocenters. The Morgan fingerprint density at radius 1 is 1.25 bits per heavy atom. The Balaban J connectivity index is 0.00000288. The van der Waals surface area contributed by atoms with Crippen LogP contribution in [0.4, 0.5) is 0 Å². The van der Waals surface area contributed by atoms with Crippen molar-refractivity contribution in [3.63, 3.8) is 0 Å². The van der Waals surface area contributed by atoms with E-state index in [1.807, 2.05) is 20.0 Å². The van der Waals surface area contributed by atoms with E-state index in [2.05, 4.69) is 57.2 Å². The van der Waals surface area contributed by atoms with Gasteiger partial charge in [-0.1, -0.05) is 37.3 Å². The number of nitrogens with one attached hydrogen (secondary N) is 2. The Morgan fingerprint density at radius 3 is 2.62 bits per heavy atom. The Labute approximate surface area is 166 Å². The van der Waals surface area contributed by atoms with Crippen molar-refractivity contribution in [3.05, 3.63) is 52.0 Å². The van der Waals surface area contributed by atoms with E-state index in [0.29, 0.717) is 5.92 Å². The smallest absolute Gasteiger partial charge is 0.190 e. The first-order chi connectivity index (χ1) is 11.2. The fourth-order valence-electron chi connectivity index (χ4n) is 2.33. The van der Waals surface area contributed by atoms with Crippen molar-refractivity contribution in [1.82, 2.24) is 15.6 Å². The molecule has 1 aromatic carbocycles. The zero-order valence-corrected chi connectivity index (χ0v) is 17.7. The van der Waals surface area contributed by atoms with Gasteiger partial charge in [-0.25, -0.2) is 4.98 Å². The van der Waals surface area contributed by atoms with Crippen LogP contribution in [-0.4, -0.2) is 31.1 Å². The number of aryl methyl sites for hydroxylation is 2. The summed E-state index contributed by atoms with van der Waals surface area (Å²) in [6.45, 7) is 6.03. The van der Waals surface area contributed by atoms with Crippen molar-refractivity contribution in [2.75, 3.05) is 20.1 Å². The summed E-state index contributed by atoms with van der Waals surface area (Å²) in [5.41, 5.74) is 2.46. The molecule has 1 atom stereocenters. The van der Waals surface area contributed by atoms with E-state index in [9.17, 15) is 0 Å². The molecule has 0 aliphatic rings. The number of nitrogens with zero attached hydrogens (tertiary/aromatic N) is 2. The number of hydrogen-bond acceptors (Lipinski definition) is 3. The third-order valence-corrected chi connectivity index (χ3v) is 4.72. The van der Waals surface area contributed by atoms with Crippen molar-refractivity contribution in [3.8, 4) is 0 Å². The Kier molecular flexibility index (Phi) is 9.94. The van der Waals surface area contributed by atoms with Gasteiger partial charge in [-0.3, -0.25) is 4.99 Å². The van der Waals surface area contributed by atoms with Gasteiger partial charge in [0.2, 0.25) is 0 Å². The lowest BCUT2D eigenvalue weighted by molar-refractivity contribution is 0.688. The second kappa shape index (κ2) is 11.4. The SMILES string of the molecule is CN=C(NCCCc1nc(C)cs1)NCC(C)c1ccccc1.I. The Bertz CT molecular complexity index is 612. The van der Waals surface area contributed by atoms with E-state index in [-0.39, 0.29) is 24.0 Å². The van der Waals surface area contributed by atoms with E-state index >= 15 is 0 Å². The molecule has 6 heteroatoms. The van der Waals surface area contributed by atoms with Crippen molar-refractivity contribution in [2.45, 2.75) is 32.6 Å². The fourth-order valence-corrected chi connectivity index (χ4v) is 3.15. The number of hydrogen-bond donors (Lipinski definition) is 2. The van der Waals surface area contributed by atoms with E-state index in [1.165, 1.54) is 10.6 Å². The average Bonchev–Trinajstić information content (AvgIpc) is 3.00. The third kappa shape index (κ3) is 7.17. The van der Waals surface area contributed by atoms with Gasteiger partial charge in [0.05, 0.1) is 5.01 Å². The van der Waals surface area contributed by atoms with E-state index < -0.39 is 0 Å². The van der Waals surface area contributed by atoms with Crippen LogP contribution in [0.15, 0.2) is 40.7 Å². The normalized spacial score (nSPS) is 12.4. The summed E-state index contributed by atoms with van der Waals surface area (Å²) in [7, 11) is 1.81. The minimum atomic E-state index is 0. The summed E-state index contributed by atoms with van der Waals surface area (Å²) in [6, 6.07) is 10.5. The highest BCUT2D eigenvalue weighted by molar-refractivity contribution is 14.0. The number of aliphatic imine (C=N–C) groups is 1. The van der Waals surface area contributed by atoms with Gasteiger partial charge in [-0.15, -0.1) is 35.3 Å². The van der Waals surface area contributed by atoms with Crippen molar-refractivity contribution in [1.29, 1.82) is 0 Å².